The average molecular weight is 428 g/mol. The minimum Gasteiger partial charge on any atom is -0.465 e. The third-order valence-corrected chi connectivity index (χ3v) is 6.04. The summed E-state index contributed by atoms with van der Waals surface area (Å²) in [6.07, 6.45) is 4.03. The van der Waals surface area contributed by atoms with Gasteiger partial charge in [0.2, 0.25) is 10.0 Å². The molecule has 8 heteroatoms. The molecule has 0 aliphatic rings. The van der Waals surface area contributed by atoms with Gasteiger partial charge in [-0.3, -0.25) is 9.78 Å². The fourth-order valence-corrected chi connectivity index (χ4v) is 4.24. The molecule has 0 spiro atoms. The second kappa shape index (κ2) is 10.3. The van der Waals surface area contributed by atoms with Gasteiger partial charge in [0.05, 0.1) is 11.5 Å². The lowest BCUT2D eigenvalue weighted by Gasteiger charge is -2.18. The van der Waals surface area contributed by atoms with Crippen molar-refractivity contribution < 1.29 is 17.9 Å². The van der Waals surface area contributed by atoms with E-state index in [1.165, 1.54) is 6.07 Å². The van der Waals surface area contributed by atoms with Gasteiger partial charge < -0.3 is 10.1 Å². The molecule has 0 unspecified atom stereocenters. The van der Waals surface area contributed by atoms with Crippen molar-refractivity contribution in [2.75, 3.05) is 19.7 Å². The summed E-state index contributed by atoms with van der Waals surface area (Å²) in [5, 5.41) is 4.73. The number of nitrogens with one attached hydrogen (secondary N) is 2. The molecule has 1 aromatic heterocycles. The van der Waals surface area contributed by atoms with Gasteiger partial charge in [0.25, 0.3) is 0 Å². The third kappa shape index (κ3) is 5.85. The van der Waals surface area contributed by atoms with Crippen LogP contribution in [0.15, 0.2) is 71.9 Å². The van der Waals surface area contributed by atoms with Gasteiger partial charge in [0.1, 0.15) is 6.04 Å². The number of aromatic nitrogens is 1. The Morgan fingerprint density at radius 3 is 2.67 bits per heavy atom. The quantitative estimate of drug-likeness (QED) is 0.381. The van der Waals surface area contributed by atoms with Crippen LogP contribution in [-0.2, 0) is 26.0 Å². The number of nitrogens with zero attached hydrogens (tertiary/aromatic N) is 1. The number of hydrogen-bond acceptors (Lipinski definition) is 6. The van der Waals surface area contributed by atoms with Gasteiger partial charge in [-0.2, -0.15) is 4.72 Å². The maximum atomic E-state index is 12.9. The van der Waals surface area contributed by atoms with Crippen LogP contribution in [0.5, 0.6) is 0 Å². The molecule has 0 amide bonds. The molecule has 0 fully saturated rings. The van der Waals surface area contributed by atoms with Crippen LogP contribution < -0.4 is 10.0 Å². The van der Waals surface area contributed by atoms with Crippen molar-refractivity contribution in [3.05, 3.63) is 72.6 Å². The van der Waals surface area contributed by atoms with Crippen molar-refractivity contribution in [3.63, 3.8) is 0 Å². The zero-order valence-electron chi connectivity index (χ0n) is 16.7. The summed E-state index contributed by atoms with van der Waals surface area (Å²) in [6.45, 7) is 2.58. The number of esters is 1. The van der Waals surface area contributed by atoms with Crippen molar-refractivity contribution in [2.45, 2.75) is 24.3 Å². The zero-order valence-corrected chi connectivity index (χ0v) is 17.6. The summed E-state index contributed by atoms with van der Waals surface area (Å²) in [7, 11) is -3.91. The van der Waals surface area contributed by atoms with Crippen LogP contribution >= 0.6 is 0 Å². The van der Waals surface area contributed by atoms with Crippen LogP contribution in [0.3, 0.4) is 0 Å². The van der Waals surface area contributed by atoms with E-state index in [4.69, 9.17) is 4.74 Å². The SMILES string of the molecule is CCOC(=O)[C@H](CNCCc1ccccc1)NS(=O)(=O)c1ccc2cnccc2c1. The lowest BCUT2D eigenvalue weighted by atomic mass is 10.1. The number of pyridine rings is 1. The summed E-state index contributed by atoms with van der Waals surface area (Å²) >= 11 is 0. The fourth-order valence-electron chi connectivity index (χ4n) is 3.02. The number of carbonyl (C=O) groups excluding carboxylic acids is 1. The lowest BCUT2D eigenvalue weighted by molar-refractivity contribution is -0.145. The highest BCUT2D eigenvalue weighted by molar-refractivity contribution is 7.89. The Kier molecular flexibility index (Phi) is 7.51. The second-order valence-electron chi connectivity index (χ2n) is 6.75. The molecule has 0 saturated carbocycles. The molecule has 2 N–H and O–H groups in total. The van der Waals surface area contributed by atoms with Gasteiger partial charge in [0, 0.05) is 24.3 Å². The number of ether oxygens (including phenoxy) is 1. The number of rotatable bonds is 10. The van der Waals surface area contributed by atoms with Crippen molar-refractivity contribution in [2.24, 2.45) is 0 Å². The summed E-state index contributed by atoms with van der Waals surface area (Å²) < 4.78 is 33.3. The van der Waals surface area contributed by atoms with E-state index in [0.29, 0.717) is 6.54 Å². The molecule has 0 aliphatic carbocycles. The van der Waals surface area contributed by atoms with Crippen molar-refractivity contribution in [1.82, 2.24) is 15.0 Å². The first-order valence-electron chi connectivity index (χ1n) is 9.77. The largest absolute Gasteiger partial charge is 0.465 e. The van der Waals surface area contributed by atoms with Crippen molar-refractivity contribution >= 4 is 26.8 Å². The van der Waals surface area contributed by atoms with E-state index < -0.39 is 22.0 Å². The highest BCUT2D eigenvalue weighted by atomic mass is 32.2. The zero-order chi connectivity index (χ0) is 21.4. The number of fused-ring (bicyclic) bond motifs is 1. The number of sulfonamides is 1. The van der Waals surface area contributed by atoms with E-state index in [1.807, 2.05) is 30.3 Å². The predicted octanol–water partition coefficient (Wildman–Crippen LogP) is 2.28. The molecule has 1 heterocycles. The third-order valence-electron chi connectivity index (χ3n) is 4.57. The van der Waals surface area contributed by atoms with E-state index in [9.17, 15) is 13.2 Å². The highest BCUT2D eigenvalue weighted by Gasteiger charge is 2.26. The first-order chi connectivity index (χ1) is 14.5. The first kappa shape index (κ1) is 21.9. The normalized spacial score (nSPS) is 12.6. The van der Waals surface area contributed by atoms with Crippen molar-refractivity contribution in [1.29, 1.82) is 0 Å². The monoisotopic (exact) mass is 427 g/mol. The summed E-state index contributed by atoms with van der Waals surface area (Å²) in [6, 6.07) is 15.4. The second-order valence-corrected chi connectivity index (χ2v) is 8.46. The van der Waals surface area contributed by atoms with Crippen LogP contribution in [0.1, 0.15) is 12.5 Å². The molecule has 0 radical (unpaired) electrons. The topological polar surface area (TPSA) is 97.4 Å². The van der Waals surface area contributed by atoms with E-state index in [0.717, 1.165) is 22.8 Å². The Labute approximate surface area is 176 Å². The van der Waals surface area contributed by atoms with E-state index in [2.05, 4.69) is 15.0 Å². The first-order valence-corrected chi connectivity index (χ1v) is 11.3. The van der Waals surface area contributed by atoms with Gasteiger partial charge in [-0.1, -0.05) is 36.4 Å². The molecule has 30 heavy (non-hydrogen) atoms. The van der Waals surface area contributed by atoms with Gasteiger partial charge in [0.15, 0.2) is 0 Å². The van der Waals surface area contributed by atoms with Gasteiger partial charge >= 0.3 is 5.97 Å². The minimum absolute atomic E-state index is 0.0831. The number of benzene rings is 2. The smallest absolute Gasteiger partial charge is 0.325 e. The lowest BCUT2D eigenvalue weighted by Crippen LogP contribution is -2.48. The Hall–Kier alpha value is -2.81. The summed E-state index contributed by atoms with van der Waals surface area (Å²) in [5.41, 5.74) is 1.16. The average Bonchev–Trinajstić information content (AvgIpc) is 2.76. The molecule has 0 bridgehead atoms. The molecule has 2 aromatic carbocycles. The molecular weight excluding hydrogens is 402 g/mol. The standard InChI is InChI=1S/C22H25N3O4S/c1-2-29-22(26)21(16-24-12-10-17-6-4-3-5-7-17)25-30(27,28)20-9-8-19-15-23-13-11-18(19)14-20/h3-9,11,13-15,21,24-25H,2,10,12,16H2,1H3/t21-/m0/s1. The fraction of sp³-hybridized carbons (Fsp3) is 0.273. The molecule has 0 aliphatic heterocycles. The Morgan fingerprint density at radius 1 is 1.10 bits per heavy atom. The maximum Gasteiger partial charge on any atom is 0.325 e. The van der Waals surface area contributed by atoms with E-state index in [-0.39, 0.29) is 18.0 Å². The van der Waals surface area contributed by atoms with E-state index >= 15 is 0 Å². The molecule has 158 valence electrons. The van der Waals surface area contributed by atoms with Crippen LogP contribution in [0.25, 0.3) is 10.8 Å². The summed E-state index contributed by atoms with van der Waals surface area (Å²) in [5.74, 6) is -0.613. The van der Waals surface area contributed by atoms with E-state index in [1.54, 1.807) is 37.5 Å². The van der Waals surface area contributed by atoms with Gasteiger partial charge in [-0.25, -0.2) is 8.42 Å². The van der Waals surface area contributed by atoms with Crippen LogP contribution in [0, 0.1) is 0 Å². The molecule has 1 atom stereocenters. The molecule has 3 rings (SSSR count). The molecule has 3 aromatic rings. The number of carbonyl (C=O) groups is 1. The van der Waals surface area contributed by atoms with Crippen LogP contribution in [0.4, 0.5) is 0 Å². The molecule has 0 saturated heterocycles. The molecule has 7 nitrogen and oxygen atoms in total. The molecular formula is C22H25N3O4S. The minimum atomic E-state index is -3.91. The Balaban J connectivity index is 1.68. The van der Waals surface area contributed by atoms with Crippen LogP contribution in [0.2, 0.25) is 0 Å². The Morgan fingerprint density at radius 2 is 1.90 bits per heavy atom. The van der Waals surface area contributed by atoms with Gasteiger partial charge in [-0.15, -0.1) is 0 Å². The highest BCUT2D eigenvalue weighted by Crippen LogP contribution is 2.18. The maximum absolute atomic E-state index is 12.9. The van der Waals surface area contributed by atoms with Gasteiger partial charge in [-0.05, 0) is 49.0 Å². The predicted molar refractivity (Wildman–Crippen MR) is 116 cm³/mol. The number of hydrogen-bond donors (Lipinski definition) is 2. The van der Waals surface area contributed by atoms with Crippen molar-refractivity contribution in [3.8, 4) is 0 Å². The van der Waals surface area contributed by atoms with Crippen LogP contribution in [-0.4, -0.2) is 45.1 Å². The summed E-state index contributed by atoms with van der Waals surface area (Å²) in [4.78, 5) is 16.4. The Bertz CT molecular complexity index is 1090.